The van der Waals surface area contributed by atoms with Crippen molar-refractivity contribution in [1.82, 2.24) is 10.6 Å². The van der Waals surface area contributed by atoms with Gasteiger partial charge < -0.3 is 15.4 Å². The van der Waals surface area contributed by atoms with E-state index < -0.39 is 0 Å². The first-order valence-electron chi connectivity index (χ1n) is 8.06. The summed E-state index contributed by atoms with van der Waals surface area (Å²) in [6.07, 6.45) is 1.12. The number of aliphatic imine (C=N–C) groups is 1. The molecule has 0 saturated heterocycles. The lowest BCUT2D eigenvalue weighted by Crippen LogP contribution is -2.42. The minimum absolute atomic E-state index is 0.166. The number of rotatable bonds is 5. The Labute approximate surface area is 141 Å². The van der Waals surface area contributed by atoms with E-state index in [1.807, 2.05) is 12.1 Å². The Morgan fingerprint density at radius 2 is 2.17 bits per heavy atom. The third-order valence-corrected chi connectivity index (χ3v) is 4.91. The van der Waals surface area contributed by atoms with Crippen molar-refractivity contribution in [3.05, 3.63) is 51.7 Å². The molecule has 2 N–H and O–H groups in total. The van der Waals surface area contributed by atoms with Crippen molar-refractivity contribution in [2.75, 3.05) is 13.1 Å². The van der Waals surface area contributed by atoms with E-state index in [2.05, 4.69) is 53.1 Å². The van der Waals surface area contributed by atoms with E-state index in [1.165, 1.54) is 16.0 Å². The van der Waals surface area contributed by atoms with Gasteiger partial charge in [-0.3, -0.25) is 0 Å². The maximum Gasteiger partial charge on any atom is 0.191 e. The topological polar surface area (TPSA) is 45.7 Å². The largest absolute Gasteiger partial charge is 0.488 e. The van der Waals surface area contributed by atoms with Crippen molar-refractivity contribution in [2.24, 2.45) is 4.99 Å². The summed E-state index contributed by atoms with van der Waals surface area (Å²) in [6.45, 7) is 6.52. The minimum atomic E-state index is 0.166. The molecule has 1 aliphatic rings. The van der Waals surface area contributed by atoms with Crippen LogP contribution >= 0.6 is 11.3 Å². The Balaban J connectivity index is 1.55. The highest BCUT2D eigenvalue weighted by molar-refractivity contribution is 7.10. The zero-order valence-electron chi connectivity index (χ0n) is 13.6. The Morgan fingerprint density at radius 3 is 2.91 bits per heavy atom. The molecule has 1 unspecified atom stereocenters. The molecule has 0 saturated carbocycles. The molecule has 1 atom stereocenters. The fourth-order valence-electron chi connectivity index (χ4n) is 2.64. The summed E-state index contributed by atoms with van der Waals surface area (Å²) in [5.74, 6) is 1.86. The number of guanidine groups is 1. The van der Waals surface area contributed by atoms with Crippen LogP contribution in [0.2, 0.25) is 0 Å². The van der Waals surface area contributed by atoms with Gasteiger partial charge in [0, 0.05) is 17.8 Å². The fraction of sp³-hybridized carbons (Fsp3) is 0.389. The van der Waals surface area contributed by atoms with Gasteiger partial charge in [0.05, 0.1) is 13.1 Å². The van der Waals surface area contributed by atoms with Crippen LogP contribution in [0.15, 0.2) is 40.7 Å². The Kier molecular flexibility index (Phi) is 5.18. The Morgan fingerprint density at radius 1 is 1.30 bits per heavy atom. The molecule has 0 fully saturated rings. The molecule has 4 nitrogen and oxygen atoms in total. The summed E-state index contributed by atoms with van der Waals surface area (Å²) in [4.78, 5) is 5.99. The highest BCUT2D eigenvalue weighted by Crippen LogP contribution is 2.27. The van der Waals surface area contributed by atoms with Crippen molar-refractivity contribution in [3.63, 3.8) is 0 Å². The first kappa shape index (κ1) is 15.9. The van der Waals surface area contributed by atoms with Gasteiger partial charge in [0.2, 0.25) is 0 Å². The number of nitrogens with zero attached hydrogens (tertiary/aromatic N) is 1. The lowest BCUT2D eigenvalue weighted by Gasteiger charge is -2.15. The van der Waals surface area contributed by atoms with Gasteiger partial charge in [0.15, 0.2) is 5.96 Å². The maximum absolute atomic E-state index is 5.96. The molecule has 0 aliphatic carbocycles. The molecule has 0 bridgehead atoms. The van der Waals surface area contributed by atoms with E-state index in [-0.39, 0.29) is 6.10 Å². The summed E-state index contributed by atoms with van der Waals surface area (Å²) >= 11 is 1.76. The molecule has 122 valence electrons. The zero-order valence-corrected chi connectivity index (χ0v) is 14.5. The molecule has 3 rings (SSSR count). The van der Waals surface area contributed by atoms with Crippen LogP contribution in [0.25, 0.3) is 0 Å². The molecular weight excluding hydrogens is 306 g/mol. The number of ether oxygens (including phenoxy) is 1. The number of para-hydroxylation sites is 1. The van der Waals surface area contributed by atoms with Crippen molar-refractivity contribution in [2.45, 2.75) is 32.9 Å². The summed E-state index contributed by atoms with van der Waals surface area (Å²) < 4.78 is 5.96. The molecule has 1 aromatic carbocycles. The second-order valence-corrected chi connectivity index (χ2v) is 6.66. The van der Waals surface area contributed by atoms with Crippen LogP contribution in [0.4, 0.5) is 0 Å². The number of hydrogen-bond donors (Lipinski definition) is 2. The standard InChI is InChI=1S/C18H23N3OS/c1-3-19-18(21-12-17-13(2)8-9-23-17)20-11-15-10-14-6-4-5-7-16(14)22-15/h4-9,15H,3,10-12H2,1-2H3,(H2,19,20,21). The smallest absolute Gasteiger partial charge is 0.191 e. The first-order valence-corrected chi connectivity index (χ1v) is 8.94. The molecule has 0 amide bonds. The van der Waals surface area contributed by atoms with E-state index >= 15 is 0 Å². The number of hydrogen-bond acceptors (Lipinski definition) is 3. The van der Waals surface area contributed by atoms with Crippen LogP contribution in [-0.4, -0.2) is 25.2 Å². The van der Waals surface area contributed by atoms with Crippen molar-refractivity contribution >= 4 is 17.3 Å². The molecule has 5 heteroatoms. The second-order valence-electron chi connectivity index (χ2n) is 5.65. The second kappa shape index (κ2) is 7.51. The van der Waals surface area contributed by atoms with Gasteiger partial charge in [-0.25, -0.2) is 4.99 Å². The lowest BCUT2D eigenvalue weighted by molar-refractivity contribution is 0.235. The molecule has 1 aromatic heterocycles. The highest BCUT2D eigenvalue weighted by Gasteiger charge is 2.22. The summed E-state index contributed by atoms with van der Waals surface area (Å²) in [5, 5.41) is 8.81. The van der Waals surface area contributed by atoms with Gasteiger partial charge in [-0.05, 0) is 42.5 Å². The molecule has 2 aromatic rings. The fourth-order valence-corrected chi connectivity index (χ4v) is 3.47. The van der Waals surface area contributed by atoms with Gasteiger partial charge in [-0.2, -0.15) is 0 Å². The van der Waals surface area contributed by atoms with Crippen LogP contribution in [-0.2, 0) is 13.0 Å². The van der Waals surface area contributed by atoms with E-state index in [1.54, 1.807) is 11.3 Å². The van der Waals surface area contributed by atoms with E-state index in [0.717, 1.165) is 31.2 Å². The normalized spacial score (nSPS) is 16.8. The Bertz CT molecular complexity index is 655. The summed E-state index contributed by atoms with van der Waals surface area (Å²) in [7, 11) is 0. The van der Waals surface area contributed by atoms with Crippen LogP contribution < -0.4 is 15.4 Å². The maximum atomic E-state index is 5.96. The molecule has 0 spiro atoms. The van der Waals surface area contributed by atoms with E-state index in [4.69, 9.17) is 4.74 Å². The lowest BCUT2D eigenvalue weighted by atomic mass is 10.1. The number of aryl methyl sites for hydroxylation is 1. The third-order valence-electron chi connectivity index (χ3n) is 3.90. The quantitative estimate of drug-likeness (QED) is 0.654. The summed E-state index contributed by atoms with van der Waals surface area (Å²) in [5.41, 5.74) is 2.60. The number of fused-ring (bicyclic) bond motifs is 1. The van der Waals surface area contributed by atoms with Crippen LogP contribution in [0, 0.1) is 6.92 Å². The predicted molar refractivity (Wildman–Crippen MR) is 96.4 cm³/mol. The molecule has 0 radical (unpaired) electrons. The predicted octanol–water partition coefficient (Wildman–Crippen LogP) is 3.12. The molecule has 2 heterocycles. The average Bonchev–Trinajstić information content (AvgIpc) is 3.15. The third kappa shape index (κ3) is 4.05. The van der Waals surface area contributed by atoms with Gasteiger partial charge >= 0.3 is 0 Å². The summed E-state index contributed by atoms with van der Waals surface area (Å²) in [6, 6.07) is 10.4. The van der Waals surface area contributed by atoms with Crippen molar-refractivity contribution in [3.8, 4) is 5.75 Å². The highest BCUT2D eigenvalue weighted by atomic mass is 32.1. The number of nitrogens with one attached hydrogen (secondary N) is 2. The van der Waals surface area contributed by atoms with Crippen LogP contribution in [0.3, 0.4) is 0 Å². The van der Waals surface area contributed by atoms with Crippen molar-refractivity contribution < 1.29 is 4.74 Å². The number of thiophene rings is 1. The van der Waals surface area contributed by atoms with Gasteiger partial charge in [0.1, 0.15) is 11.9 Å². The van der Waals surface area contributed by atoms with Crippen LogP contribution in [0.5, 0.6) is 5.75 Å². The van der Waals surface area contributed by atoms with Gasteiger partial charge in [0.25, 0.3) is 0 Å². The first-order chi connectivity index (χ1) is 11.3. The molecule has 1 aliphatic heterocycles. The van der Waals surface area contributed by atoms with E-state index in [0.29, 0.717) is 6.54 Å². The van der Waals surface area contributed by atoms with Gasteiger partial charge in [-0.15, -0.1) is 11.3 Å². The molecule has 23 heavy (non-hydrogen) atoms. The zero-order chi connectivity index (χ0) is 16.1. The van der Waals surface area contributed by atoms with Gasteiger partial charge in [-0.1, -0.05) is 18.2 Å². The minimum Gasteiger partial charge on any atom is -0.488 e. The Hall–Kier alpha value is -2.01. The van der Waals surface area contributed by atoms with Crippen LogP contribution in [0.1, 0.15) is 22.9 Å². The van der Waals surface area contributed by atoms with Crippen molar-refractivity contribution in [1.29, 1.82) is 0 Å². The van der Waals surface area contributed by atoms with E-state index in [9.17, 15) is 0 Å². The monoisotopic (exact) mass is 329 g/mol. The number of benzene rings is 1. The molecular formula is C18H23N3OS. The average molecular weight is 329 g/mol. The SMILES string of the molecule is CCNC(=NCc1sccc1C)NCC1Cc2ccccc2O1.